The summed E-state index contributed by atoms with van der Waals surface area (Å²) < 4.78 is 67.0. The van der Waals surface area contributed by atoms with Gasteiger partial charge in [-0.2, -0.15) is 22.0 Å². The van der Waals surface area contributed by atoms with E-state index in [2.05, 4.69) is 21.2 Å². The van der Waals surface area contributed by atoms with Gasteiger partial charge in [0, 0.05) is 33.9 Å². The number of aromatic hydroxyl groups is 1. The Bertz CT molecular complexity index is 1140. The Morgan fingerprint density at radius 3 is 2.26 bits per heavy atom. The molecule has 0 amide bonds. The van der Waals surface area contributed by atoms with Gasteiger partial charge in [-0.3, -0.25) is 4.79 Å². The largest absolute Gasteiger partial charge is 0.508 e. The minimum atomic E-state index is -6.05. The van der Waals surface area contributed by atoms with Crippen molar-refractivity contribution in [2.24, 2.45) is 0 Å². The smallest absolute Gasteiger partial charge is 0.461 e. The standard InChI is InChI=1S/C22H15BrF5NO2/c23-15-6-8-16(9-7-15)29-12-14(20(31)21(24,25)22(26,27)28)11-18-17-4-2-1-3-13(17)5-10-19(18)30/h1-10,12,29-30H,11H2/b14-12+. The Morgan fingerprint density at radius 1 is 0.968 bits per heavy atom. The number of hydrogen-bond acceptors (Lipinski definition) is 3. The molecule has 162 valence electrons. The molecular formula is C22H15BrF5NO2. The van der Waals surface area contributed by atoms with Gasteiger partial charge in [0.25, 0.3) is 0 Å². The van der Waals surface area contributed by atoms with E-state index in [1.165, 1.54) is 6.07 Å². The fourth-order valence-electron chi connectivity index (χ4n) is 2.94. The Kier molecular flexibility index (Phi) is 6.35. The summed E-state index contributed by atoms with van der Waals surface area (Å²) in [6.07, 6.45) is -5.88. The van der Waals surface area contributed by atoms with Crippen molar-refractivity contribution in [3.05, 3.63) is 82.5 Å². The lowest BCUT2D eigenvalue weighted by Gasteiger charge is -2.20. The lowest BCUT2D eigenvalue weighted by Crippen LogP contribution is -2.45. The second-order valence-electron chi connectivity index (χ2n) is 6.68. The predicted molar refractivity (Wildman–Crippen MR) is 111 cm³/mol. The van der Waals surface area contributed by atoms with Gasteiger partial charge >= 0.3 is 12.1 Å². The highest BCUT2D eigenvalue weighted by molar-refractivity contribution is 9.10. The van der Waals surface area contributed by atoms with E-state index >= 15 is 0 Å². The number of phenols is 1. The zero-order valence-corrected chi connectivity index (χ0v) is 17.3. The minimum Gasteiger partial charge on any atom is -0.508 e. The maximum atomic E-state index is 13.9. The molecule has 0 aliphatic rings. The lowest BCUT2D eigenvalue weighted by molar-refractivity contribution is -0.266. The van der Waals surface area contributed by atoms with Crippen LogP contribution in [0.3, 0.4) is 0 Å². The zero-order valence-electron chi connectivity index (χ0n) is 15.7. The number of anilines is 1. The average Bonchev–Trinajstić information content (AvgIpc) is 2.72. The van der Waals surface area contributed by atoms with Crippen molar-refractivity contribution < 1.29 is 31.9 Å². The molecule has 3 aromatic rings. The highest BCUT2D eigenvalue weighted by atomic mass is 79.9. The maximum Gasteiger partial charge on any atom is 0.461 e. The number of fused-ring (bicyclic) bond motifs is 1. The first kappa shape index (κ1) is 22.7. The minimum absolute atomic E-state index is 0.0632. The summed E-state index contributed by atoms with van der Waals surface area (Å²) in [7, 11) is 0. The number of nitrogens with one attached hydrogen (secondary N) is 1. The third kappa shape index (κ3) is 4.87. The number of ketones is 1. The van der Waals surface area contributed by atoms with Crippen LogP contribution in [0.15, 0.2) is 76.9 Å². The first-order chi connectivity index (χ1) is 14.5. The second kappa shape index (κ2) is 8.66. The van der Waals surface area contributed by atoms with Crippen LogP contribution in [0.2, 0.25) is 0 Å². The molecule has 0 saturated heterocycles. The van der Waals surface area contributed by atoms with Crippen LogP contribution in [0.4, 0.5) is 27.6 Å². The molecule has 0 bridgehead atoms. The molecule has 0 heterocycles. The summed E-state index contributed by atoms with van der Waals surface area (Å²) in [5.41, 5.74) is -0.406. The van der Waals surface area contributed by atoms with Crippen molar-refractivity contribution in [2.75, 3.05) is 5.32 Å². The first-order valence-electron chi connectivity index (χ1n) is 8.91. The Labute approximate surface area is 182 Å². The van der Waals surface area contributed by atoms with Crippen LogP contribution in [0.1, 0.15) is 5.56 Å². The monoisotopic (exact) mass is 499 g/mol. The lowest BCUT2D eigenvalue weighted by atomic mass is 9.94. The number of allylic oxidation sites excluding steroid dienone is 1. The van der Waals surface area contributed by atoms with E-state index in [4.69, 9.17) is 0 Å². The second-order valence-corrected chi connectivity index (χ2v) is 7.60. The molecule has 3 rings (SSSR count). The molecular weight excluding hydrogens is 485 g/mol. The van der Waals surface area contributed by atoms with Crippen LogP contribution in [-0.4, -0.2) is 23.0 Å². The van der Waals surface area contributed by atoms with E-state index in [1.807, 2.05) is 0 Å². The number of alkyl halides is 5. The molecule has 0 fully saturated rings. The maximum absolute atomic E-state index is 13.9. The molecule has 0 unspecified atom stereocenters. The highest BCUT2D eigenvalue weighted by Crippen LogP contribution is 2.39. The number of halogens is 6. The molecule has 0 aliphatic heterocycles. The van der Waals surface area contributed by atoms with Crippen LogP contribution >= 0.6 is 15.9 Å². The van der Waals surface area contributed by atoms with E-state index in [0.29, 0.717) is 16.5 Å². The zero-order chi connectivity index (χ0) is 22.8. The number of benzene rings is 3. The predicted octanol–water partition coefficient (Wildman–Crippen LogP) is 6.61. The van der Waals surface area contributed by atoms with Gasteiger partial charge in [-0.1, -0.05) is 46.3 Å². The van der Waals surface area contributed by atoms with Gasteiger partial charge in [-0.25, -0.2) is 0 Å². The molecule has 0 atom stereocenters. The van der Waals surface area contributed by atoms with Gasteiger partial charge in [0.15, 0.2) is 0 Å². The van der Waals surface area contributed by atoms with Crippen LogP contribution in [-0.2, 0) is 11.2 Å². The molecule has 2 N–H and O–H groups in total. The number of rotatable bonds is 6. The fraction of sp³-hybridized carbons (Fsp3) is 0.136. The van der Waals surface area contributed by atoms with Gasteiger partial charge in [0.1, 0.15) is 5.75 Å². The van der Waals surface area contributed by atoms with Crippen molar-refractivity contribution in [1.29, 1.82) is 0 Å². The van der Waals surface area contributed by atoms with Gasteiger partial charge < -0.3 is 10.4 Å². The van der Waals surface area contributed by atoms with Crippen molar-refractivity contribution in [3.8, 4) is 5.75 Å². The molecule has 0 aromatic heterocycles. The van der Waals surface area contributed by atoms with Crippen LogP contribution < -0.4 is 5.32 Å². The molecule has 3 aromatic carbocycles. The van der Waals surface area contributed by atoms with Crippen LogP contribution in [0.25, 0.3) is 10.8 Å². The Balaban J connectivity index is 2.06. The summed E-state index contributed by atoms with van der Waals surface area (Å²) in [6, 6.07) is 15.8. The Hall–Kier alpha value is -2.94. The van der Waals surface area contributed by atoms with Gasteiger partial charge in [0.2, 0.25) is 5.78 Å². The van der Waals surface area contributed by atoms with E-state index in [1.54, 1.807) is 54.6 Å². The normalized spacial score (nSPS) is 12.8. The summed E-state index contributed by atoms with van der Waals surface area (Å²) in [6.45, 7) is 0. The molecule has 9 heteroatoms. The number of Topliss-reactive ketones (excluding diaryl/α,β-unsaturated/α-hetero) is 1. The van der Waals surface area contributed by atoms with Crippen molar-refractivity contribution in [3.63, 3.8) is 0 Å². The molecule has 0 spiro atoms. The van der Waals surface area contributed by atoms with E-state index < -0.39 is 29.9 Å². The summed E-state index contributed by atoms with van der Waals surface area (Å²) in [5.74, 6) is -8.30. The van der Waals surface area contributed by atoms with Gasteiger partial charge in [-0.05, 0) is 41.1 Å². The highest BCUT2D eigenvalue weighted by Gasteiger charge is 2.63. The van der Waals surface area contributed by atoms with Gasteiger partial charge in [0.05, 0.1) is 0 Å². The van der Waals surface area contributed by atoms with Crippen molar-refractivity contribution in [1.82, 2.24) is 0 Å². The molecule has 0 radical (unpaired) electrons. The van der Waals surface area contributed by atoms with Crippen molar-refractivity contribution in [2.45, 2.75) is 18.5 Å². The van der Waals surface area contributed by atoms with E-state index in [0.717, 1.165) is 10.7 Å². The van der Waals surface area contributed by atoms with E-state index in [9.17, 15) is 31.9 Å². The summed E-state index contributed by atoms with van der Waals surface area (Å²) in [5, 5.41) is 13.9. The number of hydrogen-bond donors (Lipinski definition) is 2. The average molecular weight is 500 g/mol. The fourth-order valence-corrected chi connectivity index (χ4v) is 3.21. The summed E-state index contributed by atoms with van der Waals surface area (Å²) >= 11 is 3.22. The quantitative estimate of drug-likeness (QED) is 0.296. The number of phenolic OH excluding ortho intramolecular Hbond substituents is 1. The summed E-state index contributed by atoms with van der Waals surface area (Å²) in [4.78, 5) is 12.3. The Morgan fingerprint density at radius 2 is 1.61 bits per heavy atom. The molecule has 3 nitrogen and oxygen atoms in total. The molecule has 0 aliphatic carbocycles. The third-order valence-corrected chi connectivity index (χ3v) is 5.10. The van der Waals surface area contributed by atoms with Crippen LogP contribution in [0, 0.1) is 0 Å². The first-order valence-corrected chi connectivity index (χ1v) is 9.70. The molecule has 31 heavy (non-hydrogen) atoms. The third-order valence-electron chi connectivity index (χ3n) is 4.57. The van der Waals surface area contributed by atoms with E-state index in [-0.39, 0.29) is 11.3 Å². The van der Waals surface area contributed by atoms with Crippen LogP contribution in [0.5, 0.6) is 5.75 Å². The molecule has 0 saturated carbocycles. The number of carbonyl (C=O) groups excluding carboxylic acids is 1. The SMILES string of the molecule is O=C(/C(=C/Nc1ccc(Br)cc1)Cc1c(O)ccc2ccccc12)C(F)(F)C(F)(F)F. The van der Waals surface area contributed by atoms with Gasteiger partial charge in [-0.15, -0.1) is 0 Å². The topological polar surface area (TPSA) is 49.3 Å². The number of carbonyl (C=O) groups is 1. The van der Waals surface area contributed by atoms with Crippen molar-refractivity contribution >= 4 is 38.2 Å².